The Hall–Kier alpha value is -0.800. The Labute approximate surface area is 112 Å². The van der Waals surface area contributed by atoms with E-state index >= 15 is 0 Å². The fourth-order valence-electron chi connectivity index (χ4n) is 1.84. The van der Waals surface area contributed by atoms with Gasteiger partial charge in [0.15, 0.2) is 0 Å². The molecule has 0 amide bonds. The van der Waals surface area contributed by atoms with Gasteiger partial charge in [-0.15, -0.1) is 0 Å². The molecule has 3 heteroatoms. The lowest BCUT2D eigenvalue weighted by atomic mass is 10.1. The average molecular weight is 252 g/mol. The summed E-state index contributed by atoms with van der Waals surface area (Å²) in [6.45, 7) is 14.8. The van der Waals surface area contributed by atoms with Gasteiger partial charge in [-0.1, -0.05) is 13.8 Å². The van der Waals surface area contributed by atoms with Crippen molar-refractivity contribution in [3.63, 3.8) is 0 Å². The maximum Gasteiger partial charge on any atom is 0.118 e. The standard InChI is InChI=1S/C15H28N2O/c1-6-10-17(7-2)12-14-9-8-13(18-14)11-16-15(3,4)5/h8-9,16H,6-7,10-12H2,1-5H3. The highest BCUT2D eigenvalue weighted by Crippen LogP contribution is 2.12. The number of rotatable bonds is 7. The maximum atomic E-state index is 5.85. The van der Waals surface area contributed by atoms with Crippen LogP contribution in [0.25, 0.3) is 0 Å². The second-order valence-electron chi connectivity index (χ2n) is 5.84. The van der Waals surface area contributed by atoms with E-state index < -0.39 is 0 Å². The van der Waals surface area contributed by atoms with E-state index in [4.69, 9.17) is 4.42 Å². The summed E-state index contributed by atoms with van der Waals surface area (Å²) in [5.41, 5.74) is 0.130. The van der Waals surface area contributed by atoms with Crippen molar-refractivity contribution in [1.82, 2.24) is 10.2 Å². The molecule has 0 aromatic carbocycles. The van der Waals surface area contributed by atoms with E-state index in [1.807, 2.05) is 0 Å². The van der Waals surface area contributed by atoms with Gasteiger partial charge in [-0.3, -0.25) is 4.90 Å². The molecule has 0 saturated carbocycles. The van der Waals surface area contributed by atoms with E-state index in [1.165, 1.54) is 6.42 Å². The van der Waals surface area contributed by atoms with Crippen LogP contribution in [0.4, 0.5) is 0 Å². The Morgan fingerprint density at radius 3 is 2.39 bits per heavy atom. The molecule has 3 nitrogen and oxygen atoms in total. The Balaban J connectivity index is 2.47. The maximum absolute atomic E-state index is 5.85. The minimum absolute atomic E-state index is 0.130. The molecule has 1 aromatic rings. The Kier molecular flexibility index (Phi) is 5.89. The minimum atomic E-state index is 0.130. The molecule has 0 atom stereocenters. The molecule has 0 aliphatic rings. The SMILES string of the molecule is CCCN(CC)Cc1ccc(CNC(C)(C)C)o1. The van der Waals surface area contributed by atoms with E-state index in [0.29, 0.717) is 0 Å². The molecule has 0 aliphatic carbocycles. The van der Waals surface area contributed by atoms with Crippen molar-refractivity contribution in [2.24, 2.45) is 0 Å². The van der Waals surface area contributed by atoms with Crippen LogP contribution in [0.3, 0.4) is 0 Å². The number of nitrogens with zero attached hydrogens (tertiary/aromatic N) is 1. The van der Waals surface area contributed by atoms with E-state index in [1.54, 1.807) is 0 Å². The van der Waals surface area contributed by atoms with Crippen LogP contribution >= 0.6 is 0 Å². The second kappa shape index (κ2) is 6.95. The summed E-state index contributed by atoms with van der Waals surface area (Å²) >= 11 is 0. The molecule has 104 valence electrons. The molecular formula is C15H28N2O. The number of nitrogens with one attached hydrogen (secondary N) is 1. The van der Waals surface area contributed by atoms with Crippen LogP contribution in [0.15, 0.2) is 16.5 Å². The highest BCUT2D eigenvalue weighted by Gasteiger charge is 2.11. The molecule has 1 aromatic heterocycles. The van der Waals surface area contributed by atoms with Crippen molar-refractivity contribution in [2.45, 2.75) is 59.7 Å². The summed E-state index contributed by atoms with van der Waals surface area (Å²) in [5, 5.41) is 3.44. The third kappa shape index (κ3) is 5.69. The molecule has 0 unspecified atom stereocenters. The van der Waals surface area contributed by atoms with Gasteiger partial charge in [-0.05, 0) is 52.4 Å². The molecule has 1 rings (SSSR count). The van der Waals surface area contributed by atoms with Crippen LogP contribution in [0.1, 0.15) is 52.6 Å². The smallest absolute Gasteiger partial charge is 0.118 e. The molecule has 1 N–H and O–H groups in total. The summed E-state index contributed by atoms with van der Waals surface area (Å²) in [6, 6.07) is 4.17. The zero-order valence-electron chi connectivity index (χ0n) is 12.5. The molecule has 0 saturated heterocycles. The van der Waals surface area contributed by atoms with Gasteiger partial charge in [-0.2, -0.15) is 0 Å². The zero-order valence-corrected chi connectivity index (χ0v) is 12.5. The third-order valence-corrected chi connectivity index (χ3v) is 2.88. The second-order valence-corrected chi connectivity index (χ2v) is 5.84. The molecule has 0 spiro atoms. The van der Waals surface area contributed by atoms with Crippen LogP contribution in [0.2, 0.25) is 0 Å². The number of hydrogen-bond acceptors (Lipinski definition) is 3. The van der Waals surface area contributed by atoms with Crippen molar-refractivity contribution in [3.8, 4) is 0 Å². The number of hydrogen-bond donors (Lipinski definition) is 1. The molecule has 0 bridgehead atoms. The van der Waals surface area contributed by atoms with Gasteiger partial charge in [0.25, 0.3) is 0 Å². The first-order chi connectivity index (χ1) is 8.44. The predicted octanol–water partition coefficient (Wildman–Crippen LogP) is 3.40. The predicted molar refractivity (Wildman–Crippen MR) is 76.5 cm³/mol. The van der Waals surface area contributed by atoms with Gasteiger partial charge in [0.1, 0.15) is 11.5 Å². The summed E-state index contributed by atoms with van der Waals surface area (Å²) in [5.74, 6) is 2.09. The van der Waals surface area contributed by atoms with Gasteiger partial charge in [0.2, 0.25) is 0 Å². The molecular weight excluding hydrogens is 224 g/mol. The van der Waals surface area contributed by atoms with Crippen molar-refractivity contribution in [2.75, 3.05) is 13.1 Å². The topological polar surface area (TPSA) is 28.4 Å². The quantitative estimate of drug-likeness (QED) is 0.806. The zero-order chi connectivity index (χ0) is 13.6. The lowest BCUT2D eigenvalue weighted by Gasteiger charge is -2.19. The van der Waals surface area contributed by atoms with Crippen LogP contribution in [-0.2, 0) is 13.1 Å². The minimum Gasteiger partial charge on any atom is -0.463 e. The van der Waals surface area contributed by atoms with E-state index in [2.05, 4.69) is 57.0 Å². The van der Waals surface area contributed by atoms with E-state index in [9.17, 15) is 0 Å². The fourth-order valence-corrected chi connectivity index (χ4v) is 1.84. The molecule has 1 heterocycles. The van der Waals surface area contributed by atoms with Gasteiger partial charge < -0.3 is 9.73 Å². The van der Waals surface area contributed by atoms with Crippen molar-refractivity contribution in [1.29, 1.82) is 0 Å². The lowest BCUT2D eigenvalue weighted by Crippen LogP contribution is -2.34. The molecule has 0 radical (unpaired) electrons. The van der Waals surface area contributed by atoms with Crippen LogP contribution in [-0.4, -0.2) is 23.5 Å². The highest BCUT2D eigenvalue weighted by molar-refractivity contribution is 5.07. The van der Waals surface area contributed by atoms with Crippen LogP contribution in [0.5, 0.6) is 0 Å². The largest absolute Gasteiger partial charge is 0.463 e. The van der Waals surface area contributed by atoms with Crippen molar-refractivity contribution >= 4 is 0 Å². The number of furan rings is 1. The van der Waals surface area contributed by atoms with Gasteiger partial charge in [-0.25, -0.2) is 0 Å². The van der Waals surface area contributed by atoms with Crippen LogP contribution < -0.4 is 5.32 Å². The van der Waals surface area contributed by atoms with E-state index in [0.717, 1.165) is 37.7 Å². The summed E-state index contributed by atoms with van der Waals surface area (Å²) in [4.78, 5) is 2.40. The van der Waals surface area contributed by atoms with Gasteiger partial charge in [0.05, 0.1) is 13.1 Å². The monoisotopic (exact) mass is 252 g/mol. The first-order valence-electron chi connectivity index (χ1n) is 6.99. The fraction of sp³-hybridized carbons (Fsp3) is 0.733. The first-order valence-corrected chi connectivity index (χ1v) is 6.99. The lowest BCUT2D eigenvalue weighted by molar-refractivity contribution is 0.251. The van der Waals surface area contributed by atoms with Crippen LogP contribution in [0, 0.1) is 0 Å². The Morgan fingerprint density at radius 1 is 1.17 bits per heavy atom. The molecule has 18 heavy (non-hydrogen) atoms. The summed E-state index contributed by atoms with van der Waals surface area (Å²) in [6.07, 6.45) is 1.19. The Bertz CT molecular complexity index is 339. The van der Waals surface area contributed by atoms with Gasteiger partial charge >= 0.3 is 0 Å². The average Bonchev–Trinajstić information content (AvgIpc) is 2.73. The summed E-state index contributed by atoms with van der Waals surface area (Å²) in [7, 11) is 0. The van der Waals surface area contributed by atoms with E-state index in [-0.39, 0.29) is 5.54 Å². The summed E-state index contributed by atoms with van der Waals surface area (Å²) < 4.78 is 5.85. The Morgan fingerprint density at radius 2 is 1.83 bits per heavy atom. The van der Waals surface area contributed by atoms with Crippen molar-refractivity contribution < 1.29 is 4.42 Å². The normalized spacial score (nSPS) is 12.3. The molecule has 0 fully saturated rings. The van der Waals surface area contributed by atoms with Crippen molar-refractivity contribution in [3.05, 3.63) is 23.7 Å². The third-order valence-electron chi connectivity index (χ3n) is 2.88. The highest BCUT2D eigenvalue weighted by atomic mass is 16.3. The van der Waals surface area contributed by atoms with Gasteiger partial charge in [0, 0.05) is 5.54 Å². The molecule has 0 aliphatic heterocycles. The first kappa shape index (κ1) is 15.3.